The summed E-state index contributed by atoms with van der Waals surface area (Å²) in [6.07, 6.45) is 0.0939. The van der Waals surface area contributed by atoms with Crippen molar-refractivity contribution in [3.05, 3.63) is 35.4 Å². The molecule has 0 aromatic heterocycles. The van der Waals surface area contributed by atoms with Gasteiger partial charge in [-0.25, -0.2) is 0 Å². The highest BCUT2D eigenvalue weighted by atomic mass is 16.4. The van der Waals surface area contributed by atoms with Crippen molar-refractivity contribution in [2.45, 2.75) is 39.3 Å². The molecular formula is C15H23NO3. The third-order valence-corrected chi connectivity index (χ3v) is 3.47. The molecule has 1 aromatic carbocycles. The summed E-state index contributed by atoms with van der Waals surface area (Å²) in [6.45, 7) is 6.07. The lowest BCUT2D eigenvalue weighted by atomic mass is 9.98. The summed E-state index contributed by atoms with van der Waals surface area (Å²) < 4.78 is 0. The van der Waals surface area contributed by atoms with Crippen LogP contribution < -0.4 is 5.32 Å². The van der Waals surface area contributed by atoms with Crippen LogP contribution in [0.25, 0.3) is 0 Å². The van der Waals surface area contributed by atoms with Crippen LogP contribution in [0.1, 0.15) is 37.5 Å². The van der Waals surface area contributed by atoms with Crippen molar-refractivity contribution in [2.75, 3.05) is 6.54 Å². The maximum Gasteiger partial charge on any atom is 0.320 e. The molecule has 0 aliphatic heterocycles. The number of rotatable bonds is 7. The van der Waals surface area contributed by atoms with Crippen molar-refractivity contribution in [2.24, 2.45) is 5.92 Å². The van der Waals surface area contributed by atoms with Crippen LogP contribution in [0.2, 0.25) is 0 Å². The summed E-state index contributed by atoms with van der Waals surface area (Å²) in [4.78, 5) is 11.1. The summed E-state index contributed by atoms with van der Waals surface area (Å²) in [6, 6.07) is 6.97. The number of carbonyl (C=O) groups is 1. The van der Waals surface area contributed by atoms with E-state index in [9.17, 15) is 9.90 Å². The number of aryl methyl sites for hydroxylation is 1. The first-order chi connectivity index (χ1) is 8.95. The first-order valence-corrected chi connectivity index (χ1v) is 6.66. The average Bonchev–Trinajstić information content (AvgIpc) is 2.38. The number of hydrogen-bond donors (Lipinski definition) is 3. The molecule has 4 nitrogen and oxygen atoms in total. The Bertz CT molecular complexity index is 402. The van der Waals surface area contributed by atoms with Gasteiger partial charge in [0.05, 0.1) is 6.10 Å². The third-order valence-electron chi connectivity index (χ3n) is 3.47. The van der Waals surface area contributed by atoms with E-state index in [1.54, 1.807) is 0 Å². The lowest BCUT2D eigenvalue weighted by molar-refractivity contribution is -0.141. The van der Waals surface area contributed by atoms with Crippen molar-refractivity contribution in [3.63, 3.8) is 0 Å². The van der Waals surface area contributed by atoms with Gasteiger partial charge >= 0.3 is 5.97 Å². The number of nitrogens with one attached hydrogen (secondary N) is 1. The molecule has 106 valence electrons. The second kappa shape index (κ2) is 7.26. The predicted molar refractivity (Wildman–Crippen MR) is 75.0 cm³/mol. The number of aliphatic hydroxyl groups is 1. The average molecular weight is 265 g/mol. The predicted octanol–water partition coefficient (Wildman–Crippen LogP) is 2.12. The first-order valence-electron chi connectivity index (χ1n) is 6.66. The summed E-state index contributed by atoms with van der Waals surface area (Å²) in [5.41, 5.74) is 1.93. The minimum Gasteiger partial charge on any atom is -0.480 e. The van der Waals surface area contributed by atoms with Gasteiger partial charge in [0.25, 0.3) is 0 Å². The van der Waals surface area contributed by atoms with Gasteiger partial charge in [-0.05, 0) is 18.4 Å². The Morgan fingerprint density at radius 1 is 1.32 bits per heavy atom. The van der Waals surface area contributed by atoms with Crippen molar-refractivity contribution >= 4 is 5.97 Å². The largest absolute Gasteiger partial charge is 0.480 e. The van der Waals surface area contributed by atoms with E-state index in [0.29, 0.717) is 0 Å². The highest BCUT2D eigenvalue weighted by molar-refractivity contribution is 5.73. The van der Waals surface area contributed by atoms with E-state index >= 15 is 0 Å². The van der Waals surface area contributed by atoms with Gasteiger partial charge in [-0.3, -0.25) is 4.79 Å². The summed E-state index contributed by atoms with van der Waals surface area (Å²) in [7, 11) is 0. The molecule has 0 saturated carbocycles. The minimum atomic E-state index is -0.870. The van der Waals surface area contributed by atoms with E-state index < -0.39 is 18.1 Å². The van der Waals surface area contributed by atoms with Gasteiger partial charge in [-0.15, -0.1) is 0 Å². The zero-order valence-corrected chi connectivity index (χ0v) is 11.8. The minimum absolute atomic E-state index is 0.0303. The second-order valence-corrected chi connectivity index (χ2v) is 5.04. The molecule has 4 heteroatoms. The highest BCUT2D eigenvalue weighted by Gasteiger charge is 2.23. The third kappa shape index (κ3) is 4.65. The van der Waals surface area contributed by atoms with Crippen LogP contribution in [0.5, 0.6) is 0 Å². The Labute approximate surface area is 114 Å². The summed E-state index contributed by atoms with van der Waals surface area (Å²) in [5, 5.41) is 22.1. The van der Waals surface area contributed by atoms with Gasteiger partial charge in [-0.2, -0.15) is 0 Å². The van der Waals surface area contributed by atoms with E-state index in [4.69, 9.17) is 5.11 Å². The van der Waals surface area contributed by atoms with Crippen LogP contribution in [0, 0.1) is 12.8 Å². The molecule has 0 fully saturated rings. The summed E-state index contributed by atoms with van der Waals surface area (Å²) in [5.74, 6) is -0.840. The Kier molecular flexibility index (Phi) is 5.99. The van der Waals surface area contributed by atoms with Gasteiger partial charge < -0.3 is 15.5 Å². The molecular weight excluding hydrogens is 242 g/mol. The zero-order valence-electron chi connectivity index (χ0n) is 11.8. The van der Waals surface area contributed by atoms with Crippen LogP contribution in [0.4, 0.5) is 0 Å². The van der Waals surface area contributed by atoms with Crippen LogP contribution in [0.3, 0.4) is 0 Å². The molecule has 0 bridgehead atoms. The van der Waals surface area contributed by atoms with E-state index in [2.05, 4.69) is 5.32 Å². The lowest BCUT2D eigenvalue weighted by Crippen LogP contribution is -2.43. The van der Waals surface area contributed by atoms with Gasteiger partial charge in [0.2, 0.25) is 0 Å². The van der Waals surface area contributed by atoms with Crippen molar-refractivity contribution in [1.82, 2.24) is 5.32 Å². The van der Waals surface area contributed by atoms with Crippen molar-refractivity contribution in [3.8, 4) is 0 Å². The molecule has 0 saturated heterocycles. The molecule has 0 spiro atoms. The fraction of sp³-hybridized carbons (Fsp3) is 0.533. The zero-order chi connectivity index (χ0) is 14.4. The Balaban J connectivity index is 2.59. The molecule has 1 aromatic rings. The van der Waals surface area contributed by atoms with Crippen molar-refractivity contribution in [1.29, 1.82) is 0 Å². The maximum absolute atomic E-state index is 11.1. The number of aliphatic hydroxyl groups excluding tert-OH is 1. The highest BCUT2D eigenvalue weighted by Crippen LogP contribution is 2.14. The number of aliphatic carboxylic acids is 1. The molecule has 3 unspecified atom stereocenters. The van der Waals surface area contributed by atoms with Gasteiger partial charge in [0.1, 0.15) is 6.04 Å². The van der Waals surface area contributed by atoms with E-state index in [0.717, 1.165) is 17.5 Å². The van der Waals surface area contributed by atoms with Gasteiger partial charge in [-0.1, -0.05) is 50.1 Å². The first kappa shape index (κ1) is 15.7. The monoisotopic (exact) mass is 265 g/mol. The quantitative estimate of drug-likeness (QED) is 0.706. The smallest absolute Gasteiger partial charge is 0.320 e. The molecule has 0 heterocycles. The SMILES string of the molecule is CCC(C)C(NCC(O)c1ccc(C)cc1)C(=O)O. The Hall–Kier alpha value is -1.39. The molecule has 0 radical (unpaired) electrons. The van der Waals surface area contributed by atoms with E-state index in [-0.39, 0.29) is 12.5 Å². The maximum atomic E-state index is 11.1. The van der Waals surface area contributed by atoms with Gasteiger partial charge in [0, 0.05) is 6.54 Å². The van der Waals surface area contributed by atoms with Crippen LogP contribution in [-0.4, -0.2) is 28.8 Å². The number of carboxylic acids is 1. The fourth-order valence-corrected chi connectivity index (χ4v) is 1.91. The van der Waals surface area contributed by atoms with Crippen molar-refractivity contribution < 1.29 is 15.0 Å². The number of carboxylic acid groups (broad SMARTS) is 1. The lowest BCUT2D eigenvalue weighted by Gasteiger charge is -2.22. The molecule has 0 amide bonds. The van der Waals surface area contributed by atoms with Crippen LogP contribution in [-0.2, 0) is 4.79 Å². The number of benzene rings is 1. The molecule has 0 aliphatic carbocycles. The fourth-order valence-electron chi connectivity index (χ4n) is 1.91. The molecule has 3 N–H and O–H groups in total. The molecule has 0 aliphatic rings. The van der Waals surface area contributed by atoms with Gasteiger partial charge in [0.15, 0.2) is 0 Å². The number of hydrogen-bond acceptors (Lipinski definition) is 3. The molecule has 1 rings (SSSR count). The second-order valence-electron chi connectivity index (χ2n) is 5.04. The molecule has 19 heavy (non-hydrogen) atoms. The van der Waals surface area contributed by atoms with E-state index in [1.165, 1.54) is 0 Å². The molecule has 3 atom stereocenters. The van der Waals surface area contributed by atoms with Crippen LogP contribution >= 0.6 is 0 Å². The normalized spacial score (nSPS) is 15.8. The van der Waals surface area contributed by atoms with Crippen LogP contribution in [0.15, 0.2) is 24.3 Å². The summed E-state index contributed by atoms with van der Waals surface area (Å²) >= 11 is 0. The van der Waals surface area contributed by atoms with E-state index in [1.807, 2.05) is 45.0 Å². The standard InChI is InChI=1S/C15H23NO3/c1-4-11(3)14(15(18)19)16-9-13(17)12-7-5-10(2)6-8-12/h5-8,11,13-14,16-17H,4,9H2,1-3H3,(H,18,19). The Morgan fingerprint density at radius 2 is 1.89 bits per heavy atom. The Morgan fingerprint density at radius 3 is 2.37 bits per heavy atom. The topological polar surface area (TPSA) is 69.6 Å².